The molecule has 0 spiro atoms. The second-order valence-corrected chi connectivity index (χ2v) is 5.85. The molecule has 0 aliphatic rings. The molecule has 2 atom stereocenters. The SMILES string of the molecule is C=Cc1ccc(CC(COP(=O)([O-])O)[N+](OC)(OC)OC)cc1. The van der Waals surface area contributed by atoms with Crippen molar-refractivity contribution in [1.29, 1.82) is 0 Å². The molecule has 2 unspecified atom stereocenters. The highest BCUT2D eigenvalue weighted by molar-refractivity contribution is 7.44. The summed E-state index contributed by atoms with van der Waals surface area (Å²) < 4.78 is 15.4. The number of hydrogen-bond acceptors (Lipinski definition) is 6. The maximum Gasteiger partial charge on any atom is 0.265 e. The Kier molecular flexibility index (Phi) is 7.53. The number of phosphoric acid groups is 1. The van der Waals surface area contributed by atoms with Gasteiger partial charge < -0.3 is 14.3 Å². The van der Waals surface area contributed by atoms with Gasteiger partial charge in [0.05, 0.1) is 4.97 Å². The van der Waals surface area contributed by atoms with Crippen LogP contribution in [0.5, 0.6) is 0 Å². The van der Waals surface area contributed by atoms with E-state index in [4.69, 9.17) is 19.4 Å². The molecule has 0 aromatic heterocycles. The van der Waals surface area contributed by atoms with Gasteiger partial charge in [-0.15, -0.1) is 14.5 Å². The van der Waals surface area contributed by atoms with Gasteiger partial charge in [0.2, 0.25) is 6.04 Å². The molecular weight excluding hydrogens is 325 g/mol. The number of nitrogens with zero attached hydrogens (tertiary/aromatic N) is 1. The monoisotopic (exact) mass is 347 g/mol. The minimum atomic E-state index is -4.88. The van der Waals surface area contributed by atoms with Gasteiger partial charge >= 0.3 is 0 Å². The number of phosphoric ester groups is 1. The Morgan fingerprint density at radius 1 is 1.26 bits per heavy atom. The Balaban J connectivity index is 3.01. The smallest absolute Gasteiger partial charge is 0.265 e. The van der Waals surface area contributed by atoms with Crippen molar-refractivity contribution < 1.29 is 38.4 Å². The van der Waals surface area contributed by atoms with Crippen LogP contribution in [0, 0.1) is 0 Å². The lowest BCUT2D eigenvalue weighted by Crippen LogP contribution is -2.55. The molecule has 0 heterocycles. The van der Waals surface area contributed by atoms with Crippen LogP contribution in [0.3, 0.4) is 0 Å². The van der Waals surface area contributed by atoms with E-state index in [9.17, 15) is 9.46 Å². The Morgan fingerprint density at radius 3 is 2.17 bits per heavy atom. The zero-order valence-corrected chi connectivity index (χ0v) is 14.3. The van der Waals surface area contributed by atoms with Gasteiger partial charge in [-0.3, -0.25) is 4.57 Å². The lowest BCUT2D eigenvalue weighted by Gasteiger charge is -2.33. The molecule has 0 bridgehead atoms. The van der Waals surface area contributed by atoms with E-state index in [2.05, 4.69) is 11.1 Å². The molecule has 1 rings (SSSR count). The van der Waals surface area contributed by atoms with E-state index in [0.717, 1.165) is 11.1 Å². The van der Waals surface area contributed by atoms with E-state index in [-0.39, 0.29) is 0 Å². The molecule has 1 aromatic rings. The first-order valence-electron chi connectivity index (χ1n) is 6.76. The highest BCUT2D eigenvalue weighted by Crippen LogP contribution is 2.32. The summed E-state index contributed by atoms with van der Waals surface area (Å²) in [6, 6.07) is 6.74. The second kappa shape index (κ2) is 8.68. The summed E-state index contributed by atoms with van der Waals surface area (Å²) in [6.07, 6.45) is 2.02. The number of quaternary nitrogens is 1. The molecule has 23 heavy (non-hydrogen) atoms. The lowest BCUT2D eigenvalue weighted by molar-refractivity contribution is -1.37. The number of benzene rings is 1. The molecule has 0 aliphatic heterocycles. The van der Waals surface area contributed by atoms with Gasteiger partial charge in [0.25, 0.3) is 7.82 Å². The van der Waals surface area contributed by atoms with Gasteiger partial charge in [-0.05, 0) is 11.1 Å². The van der Waals surface area contributed by atoms with Gasteiger partial charge in [-0.25, -0.2) is 0 Å². The second-order valence-electron chi connectivity index (χ2n) is 4.66. The molecule has 1 aromatic carbocycles. The molecule has 8 nitrogen and oxygen atoms in total. The molecule has 0 aliphatic carbocycles. The number of hydrogen-bond donors (Lipinski definition) is 1. The molecule has 0 saturated carbocycles. The molecule has 0 amide bonds. The van der Waals surface area contributed by atoms with E-state index in [1.807, 2.05) is 24.3 Å². The molecular formula is C14H22NO7P. The predicted octanol–water partition coefficient (Wildman–Crippen LogP) is 1.22. The van der Waals surface area contributed by atoms with Crippen LogP contribution in [0.15, 0.2) is 30.8 Å². The van der Waals surface area contributed by atoms with E-state index >= 15 is 0 Å². The van der Waals surface area contributed by atoms with Crippen molar-refractivity contribution in [2.45, 2.75) is 12.5 Å². The topological polar surface area (TPSA) is 97.3 Å². The fraction of sp³-hybridized carbons (Fsp3) is 0.429. The van der Waals surface area contributed by atoms with Crippen LogP contribution in [0.25, 0.3) is 6.08 Å². The van der Waals surface area contributed by atoms with Gasteiger partial charge in [-0.1, -0.05) is 36.9 Å². The van der Waals surface area contributed by atoms with Crippen LogP contribution in [-0.2, 0) is 30.0 Å². The van der Waals surface area contributed by atoms with Gasteiger partial charge in [-0.2, -0.15) is 0 Å². The Morgan fingerprint density at radius 2 is 1.78 bits per heavy atom. The van der Waals surface area contributed by atoms with Crippen molar-refractivity contribution in [3.63, 3.8) is 0 Å². The predicted molar refractivity (Wildman–Crippen MR) is 81.1 cm³/mol. The zero-order valence-electron chi connectivity index (χ0n) is 13.4. The van der Waals surface area contributed by atoms with E-state index < -0.39 is 25.4 Å². The molecule has 0 radical (unpaired) electrons. The van der Waals surface area contributed by atoms with Crippen LogP contribution >= 0.6 is 7.82 Å². The molecule has 0 saturated heterocycles. The Hall–Kier alpha value is -1.09. The Labute approximate surface area is 135 Å². The summed E-state index contributed by atoms with van der Waals surface area (Å²) in [6.45, 7) is 3.29. The molecule has 1 N–H and O–H groups in total. The third-order valence-corrected chi connectivity index (χ3v) is 3.80. The van der Waals surface area contributed by atoms with Crippen LogP contribution in [0.2, 0.25) is 0 Å². The van der Waals surface area contributed by atoms with Crippen LogP contribution < -0.4 is 4.89 Å². The molecule has 130 valence electrons. The first-order valence-corrected chi connectivity index (χ1v) is 8.25. The van der Waals surface area contributed by atoms with Crippen molar-refractivity contribution in [1.82, 2.24) is 0 Å². The maximum atomic E-state index is 10.9. The van der Waals surface area contributed by atoms with Gasteiger partial charge in [0.1, 0.15) is 27.9 Å². The summed E-state index contributed by atoms with van der Waals surface area (Å²) in [5.41, 5.74) is 1.82. The Bertz CT molecular complexity index is 530. The minimum Gasteiger partial charge on any atom is -0.756 e. The van der Waals surface area contributed by atoms with Crippen LogP contribution in [-0.4, -0.2) is 43.8 Å². The van der Waals surface area contributed by atoms with E-state index in [1.165, 1.54) is 21.3 Å². The van der Waals surface area contributed by atoms with Gasteiger partial charge in [0, 0.05) is 6.42 Å². The van der Waals surface area contributed by atoms with Crippen molar-refractivity contribution in [2.24, 2.45) is 0 Å². The van der Waals surface area contributed by atoms with E-state index in [0.29, 0.717) is 6.42 Å². The van der Waals surface area contributed by atoms with Crippen molar-refractivity contribution in [3.05, 3.63) is 42.0 Å². The van der Waals surface area contributed by atoms with Crippen LogP contribution in [0.1, 0.15) is 11.1 Å². The van der Waals surface area contributed by atoms with Crippen molar-refractivity contribution >= 4 is 13.9 Å². The third kappa shape index (κ3) is 5.80. The highest BCUT2D eigenvalue weighted by Gasteiger charge is 2.43. The summed E-state index contributed by atoms with van der Waals surface area (Å²) in [4.78, 5) is 34.6. The maximum absolute atomic E-state index is 10.9. The number of hydroxylamine groups is 3. The van der Waals surface area contributed by atoms with Gasteiger partial charge in [0.15, 0.2) is 0 Å². The summed E-state index contributed by atoms with van der Waals surface area (Å²) in [5, 5.41) is 0. The summed E-state index contributed by atoms with van der Waals surface area (Å²) >= 11 is 0. The first-order chi connectivity index (χ1) is 10.8. The average Bonchev–Trinajstić information content (AvgIpc) is 2.54. The fourth-order valence-corrected chi connectivity index (χ4v) is 2.54. The molecule has 0 fully saturated rings. The third-order valence-electron chi connectivity index (χ3n) is 3.33. The zero-order chi connectivity index (χ0) is 17.5. The first kappa shape index (κ1) is 20.0. The average molecular weight is 347 g/mol. The van der Waals surface area contributed by atoms with Crippen LogP contribution in [0.4, 0.5) is 0 Å². The minimum absolute atomic E-state index is 0.312. The number of rotatable bonds is 10. The largest absolute Gasteiger partial charge is 0.756 e. The lowest BCUT2D eigenvalue weighted by atomic mass is 10.0. The summed E-state index contributed by atoms with van der Waals surface area (Å²) in [7, 11) is -0.847. The quantitative estimate of drug-likeness (QED) is 0.386. The summed E-state index contributed by atoms with van der Waals surface area (Å²) in [5.74, 6) is 0. The normalized spacial score (nSPS) is 15.9. The fourth-order valence-electron chi connectivity index (χ4n) is 2.17. The highest BCUT2D eigenvalue weighted by atomic mass is 31.2. The van der Waals surface area contributed by atoms with Crippen molar-refractivity contribution in [2.75, 3.05) is 27.9 Å². The molecule has 9 heteroatoms. The van der Waals surface area contributed by atoms with Crippen molar-refractivity contribution in [3.8, 4) is 0 Å². The standard InChI is InChI=1S/C14H22NO7P/c1-5-12-6-8-13(9-7-12)10-14(11-22-23(16,17)18)15(19-2,20-3)21-4/h5-9,14H,1,10-11H2,2-4H3,(H-,16,17,18). The van der Waals surface area contributed by atoms with E-state index in [1.54, 1.807) is 6.08 Å².